The van der Waals surface area contributed by atoms with Crippen LogP contribution in [0.1, 0.15) is 31.0 Å². The highest BCUT2D eigenvalue weighted by molar-refractivity contribution is 6.14. The molecular formula is C24H27N3O3. The molecule has 1 N–H and O–H groups in total. The van der Waals surface area contributed by atoms with Gasteiger partial charge in [-0.1, -0.05) is 56.3 Å². The number of aromatic nitrogens is 1. The van der Waals surface area contributed by atoms with Gasteiger partial charge in [-0.25, -0.2) is 0 Å². The second-order valence-electron chi connectivity index (χ2n) is 7.08. The molecule has 1 aromatic heterocycles. The van der Waals surface area contributed by atoms with Gasteiger partial charge in [-0.05, 0) is 36.4 Å². The first-order chi connectivity index (χ1) is 14.6. The standard InChI is InChI=1S/C24H27N3O3/c1-3-26(4-2)15-16-27-22(19-11-8-14-25-17-19)21(23(29)24(27)30)20(28)13-12-18-9-6-5-7-10-18/h5-14,17,22,29H,3-4,15-16H2,1-2H3. The number of aliphatic hydroxyl groups excluding tert-OH is 1. The van der Waals surface area contributed by atoms with Crippen molar-refractivity contribution in [3.8, 4) is 0 Å². The molecule has 3 rings (SSSR count). The van der Waals surface area contributed by atoms with E-state index in [1.165, 1.54) is 6.08 Å². The summed E-state index contributed by atoms with van der Waals surface area (Å²) in [5.74, 6) is -1.39. The molecule has 1 aliphatic heterocycles. The van der Waals surface area contributed by atoms with E-state index >= 15 is 0 Å². The lowest BCUT2D eigenvalue weighted by atomic mass is 9.96. The maximum Gasteiger partial charge on any atom is 0.290 e. The summed E-state index contributed by atoms with van der Waals surface area (Å²) in [7, 11) is 0. The van der Waals surface area contributed by atoms with Crippen LogP contribution in [0.3, 0.4) is 0 Å². The first-order valence-electron chi connectivity index (χ1n) is 10.2. The Hall–Kier alpha value is -3.25. The maximum atomic E-state index is 13.0. The molecular weight excluding hydrogens is 378 g/mol. The van der Waals surface area contributed by atoms with Gasteiger partial charge < -0.3 is 14.9 Å². The van der Waals surface area contributed by atoms with Crippen molar-refractivity contribution < 1.29 is 14.7 Å². The summed E-state index contributed by atoms with van der Waals surface area (Å²) in [6, 6.07) is 12.4. The van der Waals surface area contributed by atoms with Crippen molar-refractivity contribution in [1.82, 2.24) is 14.8 Å². The largest absolute Gasteiger partial charge is 0.503 e. The zero-order valence-corrected chi connectivity index (χ0v) is 17.4. The number of aliphatic hydroxyl groups is 1. The number of ketones is 1. The van der Waals surface area contributed by atoms with Crippen LogP contribution in [0, 0.1) is 0 Å². The van der Waals surface area contributed by atoms with Gasteiger partial charge in [0.1, 0.15) is 0 Å². The lowest BCUT2D eigenvalue weighted by Crippen LogP contribution is -2.38. The van der Waals surface area contributed by atoms with Crippen LogP contribution >= 0.6 is 0 Å². The number of rotatable bonds is 9. The van der Waals surface area contributed by atoms with Crippen molar-refractivity contribution in [2.24, 2.45) is 0 Å². The van der Waals surface area contributed by atoms with E-state index in [4.69, 9.17) is 0 Å². The summed E-state index contributed by atoms with van der Waals surface area (Å²) in [5, 5.41) is 10.6. The van der Waals surface area contributed by atoms with Gasteiger partial charge in [0.05, 0.1) is 11.6 Å². The Morgan fingerprint density at radius 2 is 1.90 bits per heavy atom. The fraction of sp³-hybridized carbons (Fsp3) is 0.292. The van der Waals surface area contributed by atoms with Crippen LogP contribution in [0.25, 0.3) is 6.08 Å². The van der Waals surface area contributed by atoms with E-state index in [-0.39, 0.29) is 11.4 Å². The lowest BCUT2D eigenvalue weighted by Gasteiger charge is -2.29. The minimum atomic E-state index is -0.658. The van der Waals surface area contributed by atoms with E-state index < -0.39 is 17.7 Å². The number of likely N-dealkylation sites (N-methyl/N-ethyl adjacent to an activating group) is 1. The second kappa shape index (κ2) is 9.98. The zero-order chi connectivity index (χ0) is 21.5. The molecule has 1 amide bonds. The molecule has 1 atom stereocenters. The lowest BCUT2D eigenvalue weighted by molar-refractivity contribution is -0.129. The average molecular weight is 405 g/mol. The molecule has 0 saturated carbocycles. The highest BCUT2D eigenvalue weighted by Crippen LogP contribution is 2.37. The third kappa shape index (κ3) is 4.66. The maximum absolute atomic E-state index is 13.0. The molecule has 2 aromatic rings. The number of allylic oxidation sites excluding steroid dienone is 1. The third-order valence-electron chi connectivity index (χ3n) is 5.35. The number of carbonyl (C=O) groups is 2. The van der Waals surface area contributed by atoms with Gasteiger partial charge in [-0.15, -0.1) is 0 Å². The van der Waals surface area contributed by atoms with Crippen LogP contribution in [-0.4, -0.2) is 57.8 Å². The van der Waals surface area contributed by atoms with Gasteiger partial charge in [-0.3, -0.25) is 14.6 Å². The number of nitrogens with zero attached hydrogens (tertiary/aromatic N) is 3. The molecule has 0 radical (unpaired) electrons. The molecule has 6 heteroatoms. The van der Waals surface area contributed by atoms with Crippen molar-refractivity contribution in [1.29, 1.82) is 0 Å². The molecule has 1 aliphatic rings. The SMILES string of the molecule is CCN(CC)CCN1C(=O)C(O)=C(C(=O)C=Cc2ccccc2)C1c1cccnc1. The van der Waals surface area contributed by atoms with Crippen molar-refractivity contribution in [3.05, 3.63) is 83.4 Å². The van der Waals surface area contributed by atoms with E-state index in [0.29, 0.717) is 18.7 Å². The Kier molecular flexibility index (Phi) is 7.14. The Bertz CT molecular complexity index is 935. The monoisotopic (exact) mass is 405 g/mol. The number of carbonyl (C=O) groups excluding carboxylic acids is 2. The molecule has 0 saturated heterocycles. The van der Waals surface area contributed by atoms with Crippen molar-refractivity contribution in [2.45, 2.75) is 19.9 Å². The highest BCUT2D eigenvalue weighted by Gasteiger charge is 2.42. The molecule has 2 heterocycles. The summed E-state index contributed by atoms with van der Waals surface area (Å²) < 4.78 is 0. The van der Waals surface area contributed by atoms with Crippen molar-refractivity contribution in [2.75, 3.05) is 26.2 Å². The predicted molar refractivity (Wildman–Crippen MR) is 117 cm³/mol. The quantitative estimate of drug-likeness (QED) is 0.648. The fourth-order valence-corrected chi connectivity index (χ4v) is 3.64. The van der Waals surface area contributed by atoms with Crippen LogP contribution in [0.2, 0.25) is 0 Å². The predicted octanol–water partition coefficient (Wildman–Crippen LogP) is 3.40. The summed E-state index contributed by atoms with van der Waals surface area (Å²) in [6.07, 6.45) is 6.37. The van der Waals surface area contributed by atoms with Crippen LogP contribution in [0.4, 0.5) is 0 Å². The summed E-state index contributed by atoms with van der Waals surface area (Å²) in [4.78, 5) is 33.8. The molecule has 30 heavy (non-hydrogen) atoms. The normalized spacial score (nSPS) is 16.8. The topological polar surface area (TPSA) is 73.7 Å². The van der Waals surface area contributed by atoms with Crippen molar-refractivity contribution in [3.63, 3.8) is 0 Å². The van der Waals surface area contributed by atoms with Crippen LogP contribution in [-0.2, 0) is 9.59 Å². The summed E-state index contributed by atoms with van der Waals surface area (Å²) in [6.45, 7) is 6.91. The molecule has 156 valence electrons. The molecule has 0 bridgehead atoms. The van der Waals surface area contributed by atoms with E-state index in [0.717, 1.165) is 18.7 Å². The minimum Gasteiger partial charge on any atom is -0.503 e. The van der Waals surface area contributed by atoms with Gasteiger partial charge >= 0.3 is 0 Å². The molecule has 0 spiro atoms. The van der Waals surface area contributed by atoms with Gasteiger partial charge in [0.15, 0.2) is 11.5 Å². The molecule has 0 aliphatic carbocycles. The second-order valence-corrected chi connectivity index (χ2v) is 7.08. The highest BCUT2D eigenvalue weighted by atomic mass is 16.3. The van der Waals surface area contributed by atoms with Crippen molar-refractivity contribution >= 4 is 17.8 Å². The fourth-order valence-electron chi connectivity index (χ4n) is 3.64. The molecule has 0 fully saturated rings. The molecule has 6 nitrogen and oxygen atoms in total. The Labute approximate surface area is 177 Å². The molecule has 1 unspecified atom stereocenters. The van der Waals surface area contributed by atoms with Crippen LogP contribution < -0.4 is 0 Å². The van der Waals surface area contributed by atoms with Gasteiger partial charge in [0, 0.05) is 25.5 Å². The number of benzene rings is 1. The number of amides is 1. The van der Waals surface area contributed by atoms with Crippen LogP contribution in [0.5, 0.6) is 0 Å². The van der Waals surface area contributed by atoms with E-state index in [1.54, 1.807) is 29.4 Å². The first kappa shape index (κ1) is 21.5. The summed E-state index contributed by atoms with van der Waals surface area (Å²) in [5.41, 5.74) is 1.66. The Morgan fingerprint density at radius 3 is 2.53 bits per heavy atom. The number of hydrogen-bond acceptors (Lipinski definition) is 5. The van der Waals surface area contributed by atoms with E-state index in [1.807, 2.05) is 36.4 Å². The van der Waals surface area contributed by atoms with Crippen LogP contribution in [0.15, 0.2) is 72.3 Å². The Morgan fingerprint density at radius 1 is 1.17 bits per heavy atom. The number of pyridine rings is 1. The number of hydrogen-bond donors (Lipinski definition) is 1. The van der Waals surface area contributed by atoms with Gasteiger partial charge in [0.25, 0.3) is 5.91 Å². The summed E-state index contributed by atoms with van der Waals surface area (Å²) >= 11 is 0. The Balaban J connectivity index is 1.92. The van der Waals surface area contributed by atoms with Gasteiger partial charge in [-0.2, -0.15) is 0 Å². The van der Waals surface area contributed by atoms with E-state index in [9.17, 15) is 14.7 Å². The third-order valence-corrected chi connectivity index (χ3v) is 5.35. The van der Waals surface area contributed by atoms with E-state index in [2.05, 4.69) is 23.7 Å². The zero-order valence-electron chi connectivity index (χ0n) is 17.4. The first-order valence-corrected chi connectivity index (χ1v) is 10.2. The minimum absolute atomic E-state index is 0.0970. The molecule has 1 aromatic carbocycles. The average Bonchev–Trinajstić information content (AvgIpc) is 3.04. The smallest absolute Gasteiger partial charge is 0.290 e. The van der Waals surface area contributed by atoms with Gasteiger partial charge in [0.2, 0.25) is 0 Å².